The van der Waals surface area contributed by atoms with Crippen LogP contribution < -0.4 is 5.32 Å². The minimum absolute atomic E-state index is 0.000504. The van der Waals surface area contributed by atoms with Crippen LogP contribution in [0, 0.1) is 0 Å². The molecule has 10 heteroatoms. The number of fused-ring (bicyclic) bond motifs is 1. The first-order chi connectivity index (χ1) is 15.2. The number of carbonyl (C=O) groups is 1. The van der Waals surface area contributed by atoms with Crippen LogP contribution in [0.2, 0.25) is 0 Å². The van der Waals surface area contributed by atoms with E-state index in [4.69, 9.17) is 4.74 Å². The van der Waals surface area contributed by atoms with Gasteiger partial charge >= 0.3 is 18.4 Å². The van der Waals surface area contributed by atoms with Gasteiger partial charge in [0.2, 0.25) is 0 Å². The molecule has 3 aromatic rings. The van der Waals surface area contributed by atoms with Crippen molar-refractivity contribution < 1.29 is 35.9 Å². The molecule has 1 N–H and O–H groups in total. The second-order valence-corrected chi connectivity index (χ2v) is 7.99. The van der Waals surface area contributed by atoms with Crippen LogP contribution in [-0.4, -0.2) is 16.2 Å². The maximum atomic E-state index is 13.1. The Balaban J connectivity index is 2.02. The Hall–Kier alpha value is -3.43. The van der Waals surface area contributed by atoms with Gasteiger partial charge in [-0.1, -0.05) is 24.8 Å². The van der Waals surface area contributed by atoms with Crippen molar-refractivity contribution in [3.8, 4) is 0 Å². The summed E-state index contributed by atoms with van der Waals surface area (Å²) in [6.45, 7) is 7.14. The molecule has 2 aromatic carbocycles. The Kier molecular flexibility index (Phi) is 6.23. The Morgan fingerprint density at radius 1 is 1.03 bits per heavy atom. The fourth-order valence-electron chi connectivity index (χ4n) is 3.50. The third-order valence-electron chi connectivity index (χ3n) is 4.87. The van der Waals surface area contributed by atoms with Crippen LogP contribution in [0.5, 0.6) is 0 Å². The number of nitrogens with one attached hydrogen (secondary N) is 1. The molecule has 1 heterocycles. The second kappa shape index (κ2) is 8.49. The monoisotopic (exact) mass is 470 g/mol. The first-order valence-corrected chi connectivity index (χ1v) is 9.70. The highest BCUT2D eigenvalue weighted by molar-refractivity contribution is 5.99. The zero-order valence-corrected chi connectivity index (χ0v) is 17.6. The van der Waals surface area contributed by atoms with Gasteiger partial charge in [-0.25, -0.2) is 4.79 Å². The zero-order valence-electron chi connectivity index (χ0n) is 17.6. The number of hydrogen-bond donors (Lipinski definition) is 1. The summed E-state index contributed by atoms with van der Waals surface area (Å²) in [4.78, 5) is 12.9. The number of nitrogens with zero attached hydrogens (tertiary/aromatic N) is 1. The molecule has 0 spiro atoms. The van der Waals surface area contributed by atoms with Crippen molar-refractivity contribution in [3.63, 3.8) is 0 Å². The van der Waals surface area contributed by atoms with Crippen molar-refractivity contribution in [2.24, 2.45) is 0 Å². The van der Waals surface area contributed by atoms with Crippen LogP contribution in [0.3, 0.4) is 0 Å². The molecule has 0 saturated carbocycles. The molecule has 1 aromatic heterocycles. The number of alkyl halides is 6. The van der Waals surface area contributed by atoms with Crippen LogP contribution in [-0.2, 0) is 23.5 Å². The number of anilines is 1. The second-order valence-electron chi connectivity index (χ2n) is 7.99. The average Bonchev–Trinajstić information content (AvgIpc) is 3.04. The van der Waals surface area contributed by atoms with Crippen molar-refractivity contribution in [1.29, 1.82) is 0 Å². The number of rotatable bonds is 5. The molecule has 0 aliphatic rings. The van der Waals surface area contributed by atoms with E-state index < -0.39 is 40.8 Å². The lowest BCUT2D eigenvalue weighted by Gasteiger charge is -2.23. The summed E-state index contributed by atoms with van der Waals surface area (Å²) in [6, 6.07) is 6.79. The van der Waals surface area contributed by atoms with E-state index in [9.17, 15) is 31.1 Å². The van der Waals surface area contributed by atoms with Gasteiger partial charge in [0, 0.05) is 23.7 Å². The van der Waals surface area contributed by atoms with Gasteiger partial charge < -0.3 is 10.1 Å². The predicted octanol–water partition coefficient (Wildman–Crippen LogP) is 7.24. The molecule has 0 aliphatic heterocycles. The standard InChI is InChI=1S/C23H20F6N2O2/c1-4-33-21(2,3)12-14-13-31(19-8-6-5-7-18(14)19)20(32)30-17-10-15(22(24,25)26)9-16(11-17)23(27,28)29/h4-11,13H,1,12H2,2-3H3,(H,30,32). The predicted molar refractivity (Wildman–Crippen MR) is 112 cm³/mol. The normalized spacial score (nSPS) is 12.6. The molecule has 0 bridgehead atoms. The summed E-state index contributed by atoms with van der Waals surface area (Å²) >= 11 is 0. The van der Waals surface area contributed by atoms with E-state index in [1.54, 1.807) is 24.3 Å². The number of carbonyl (C=O) groups excluding carboxylic acids is 1. The molecule has 1 amide bonds. The zero-order chi connectivity index (χ0) is 24.6. The van der Waals surface area contributed by atoms with Crippen LogP contribution in [0.15, 0.2) is 61.5 Å². The third kappa shape index (κ3) is 5.50. The minimum Gasteiger partial charge on any atom is -0.496 e. The van der Waals surface area contributed by atoms with E-state index in [1.165, 1.54) is 12.5 Å². The lowest BCUT2D eigenvalue weighted by molar-refractivity contribution is -0.143. The number of benzene rings is 2. The summed E-state index contributed by atoms with van der Waals surface area (Å²) < 4.78 is 85.4. The average molecular weight is 470 g/mol. The molecular weight excluding hydrogens is 450 g/mol. The maximum Gasteiger partial charge on any atom is 0.416 e. The lowest BCUT2D eigenvalue weighted by Crippen LogP contribution is -2.25. The highest BCUT2D eigenvalue weighted by atomic mass is 19.4. The van der Waals surface area contributed by atoms with E-state index >= 15 is 0 Å². The van der Waals surface area contributed by atoms with E-state index in [2.05, 4.69) is 11.9 Å². The molecule has 0 fully saturated rings. The first-order valence-electron chi connectivity index (χ1n) is 9.70. The quantitative estimate of drug-likeness (QED) is 0.316. The molecule has 0 saturated heterocycles. The molecule has 0 atom stereocenters. The first kappa shape index (κ1) is 24.2. The number of aromatic nitrogens is 1. The SMILES string of the molecule is C=COC(C)(C)Cc1cn(C(=O)Nc2cc(C(F)(F)F)cc(C(F)(F)F)c2)c2ccccc12. The maximum absolute atomic E-state index is 13.1. The number of amides is 1. The van der Waals surface area contributed by atoms with Crippen molar-refractivity contribution in [2.75, 3.05) is 5.32 Å². The molecule has 0 radical (unpaired) electrons. The fourth-order valence-corrected chi connectivity index (χ4v) is 3.50. The molecule has 0 aliphatic carbocycles. The number of halogens is 6. The summed E-state index contributed by atoms with van der Waals surface area (Å²) in [5, 5.41) is 2.84. The van der Waals surface area contributed by atoms with Crippen LogP contribution in [0.25, 0.3) is 10.9 Å². The van der Waals surface area contributed by atoms with Gasteiger partial charge in [0.1, 0.15) is 5.60 Å². The Morgan fingerprint density at radius 2 is 1.61 bits per heavy atom. The third-order valence-corrected chi connectivity index (χ3v) is 4.87. The van der Waals surface area contributed by atoms with E-state index in [-0.39, 0.29) is 6.07 Å². The van der Waals surface area contributed by atoms with E-state index in [0.717, 1.165) is 4.57 Å². The molecule has 4 nitrogen and oxygen atoms in total. The van der Waals surface area contributed by atoms with Gasteiger partial charge in [0.05, 0.1) is 22.9 Å². The molecule has 176 valence electrons. The topological polar surface area (TPSA) is 43.3 Å². The van der Waals surface area contributed by atoms with Crippen LogP contribution in [0.4, 0.5) is 36.8 Å². The van der Waals surface area contributed by atoms with Crippen LogP contribution in [0.1, 0.15) is 30.5 Å². The van der Waals surface area contributed by atoms with Gasteiger partial charge in [0.15, 0.2) is 0 Å². The smallest absolute Gasteiger partial charge is 0.416 e. The molecule has 0 unspecified atom stereocenters. The van der Waals surface area contributed by atoms with Gasteiger partial charge in [-0.2, -0.15) is 26.3 Å². The van der Waals surface area contributed by atoms with Gasteiger partial charge in [-0.3, -0.25) is 4.57 Å². The van der Waals surface area contributed by atoms with Gasteiger partial charge in [0.25, 0.3) is 0 Å². The van der Waals surface area contributed by atoms with Crippen molar-refractivity contribution in [2.45, 2.75) is 38.2 Å². The largest absolute Gasteiger partial charge is 0.496 e. The number of ether oxygens (including phenoxy) is 1. The van der Waals surface area contributed by atoms with Crippen molar-refractivity contribution >= 4 is 22.6 Å². The molecule has 3 rings (SSSR count). The fraction of sp³-hybridized carbons (Fsp3) is 0.261. The van der Waals surface area contributed by atoms with E-state index in [1.807, 2.05) is 13.8 Å². The van der Waals surface area contributed by atoms with E-state index in [0.29, 0.717) is 35.0 Å². The highest BCUT2D eigenvalue weighted by Crippen LogP contribution is 2.37. The highest BCUT2D eigenvalue weighted by Gasteiger charge is 2.37. The number of para-hydroxylation sites is 1. The van der Waals surface area contributed by atoms with Crippen molar-refractivity contribution in [3.05, 3.63) is 78.2 Å². The molecule has 33 heavy (non-hydrogen) atoms. The summed E-state index contributed by atoms with van der Waals surface area (Å²) in [5.74, 6) is 0. The van der Waals surface area contributed by atoms with Gasteiger partial charge in [-0.05, 0) is 43.7 Å². The number of hydrogen-bond acceptors (Lipinski definition) is 2. The summed E-state index contributed by atoms with van der Waals surface area (Å²) in [5.41, 5.74) is -3.20. The summed E-state index contributed by atoms with van der Waals surface area (Å²) in [6.07, 6.45) is -6.92. The van der Waals surface area contributed by atoms with Gasteiger partial charge in [-0.15, -0.1) is 0 Å². The lowest BCUT2D eigenvalue weighted by atomic mass is 9.98. The Bertz CT molecular complexity index is 1160. The Morgan fingerprint density at radius 3 is 2.15 bits per heavy atom. The summed E-state index contributed by atoms with van der Waals surface area (Å²) in [7, 11) is 0. The van der Waals surface area contributed by atoms with Crippen molar-refractivity contribution in [1.82, 2.24) is 4.57 Å². The molecular formula is C23H20F6N2O2. The van der Waals surface area contributed by atoms with Crippen LogP contribution >= 0.6 is 0 Å². The Labute approximate surface area is 185 Å². The minimum atomic E-state index is -5.02.